The normalized spacial score (nSPS) is 3.91. The van der Waals surface area contributed by atoms with Gasteiger partial charge in [0.05, 0.1) is 0 Å². The van der Waals surface area contributed by atoms with Gasteiger partial charge in [0.2, 0.25) is 0 Å². The second-order valence-electron chi connectivity index (χ2n) is 1.11. The van der Waals surface area contributed by atoms with E-state index in [0.29, 0.717) is 0 Å². The van der Waals surface area contributed by atoms with Gasteiger partial charge in [-0.1, -0.05) is 41.5 Å². The first kappa shape index (κ1) is 57.1. The van der Waals surface area contributed by atoms with Crippen LogP contribution in [-0.4, -0.2) is 39.5 Å². The molecule has 0 aromatic heterocycles. The van der Waals surface area contributed by atoms with Crippen molar-refractivity contribution in [1.82, 2.24) is 10.6 Å². The molecule has 0 atom stereocenters. The van der Waals surface area contributed by atoms with Crippen molar-refractivity contribution in [2.45, 2.75) is 55.4 Å². The first-order chi connectivity index (χ1) is 9.66. The van der Waals surface area contributed by atoms with Crippen LogP contribution in [0.5, 0.6) is 0 Å². The van der Waals surface area contributed by atoms with E-state index in [0.717, 1.165) is 0 Å². The molecule has 8 heteroatoms. The van der Waals surface area contributed by atoms with Crippen molar-refractivity contribution < 1.29 is 84.6 Å². The standard InChI is InChI=1S/2C2H4NO.2C2H3O.3C2H6.2Y/c2*1-3-2-4;2*1-2-3;3*1-2;;/h2*1H3,(H,3,4);2*1H3;3*1-2H3;;/q4*-1;;;;;. The zero-order valence-corrected chi connectivity index (χ0v) is 21.5. The third-order valence-electron chi connectivity index (χ3n) is 0.204. The van der Waals surface area contributed by atoms with Crippen molar-refractivity contribution in [3.63, 3.8) is 0 Å². The molecular formula is C14H32N2O4Y2-4. The Morgan fingerprint density at radius 3 is 0.591 bits per heavy atom. The van der Waals surface area contributed by atoms with E-state index in [1.807, 2.05) is 41.5 Å². The van der Waals surface area contributed by atoms with Crippen LogP contribution in [0.15, 0.2) is 0 Å². The molecule has 0 heterocycles. The van der Waals surface area contributed by atoms with Crippen molar-refractivity contribution in [3.8, 4) is 0 Å². The van der Waals surface area contributed by atoms with E-state index in [9.17, 15) is 0 Å². The molecule has 2 N–H and O–H groups in total. The topological polar surface area (TPSA) is 92.3 Å². The van der Waals surface area contributed by atoms with Gasteiger partial charge in [-0.2, -0.15) is 26.7 Å². The third kappa shape index (κ3) is 1260. The number of amides is 2. The fourth-order valence-electron chi connectivity index (χ4n) is 0. The van der Waals surface area contributed by atoms with Gasteiger partial charge in [0.1, 0.15) is 0 Å². The Hall–Kier alpha value is 0.488. The summed E-state index contributed by atoms with van der Waals surface area (Å²) in [5, 5.41) is 4.25. The van der Waals surface area contributed by atoms with Gasteiger partial charge in [-0.15, -0.1) is 0 Å². The van der Waals surface area contributed by atoms with Crippen molar-refractivity contribution in [1.29, 1.82) is 0 Å². The molecule has 0 aromatic carbocycles. The molecule has 0 aliphatic rings. The maximum atomic E-state index is 8.94. The summed E-state index contributed by atoms with van der Waals surface area (Å²) in [5.41, 5.74) is 0. The number of nitrogens with one attached hydrogen (secondary N) is 2. The molecule has 2 amide bonds. The summed E-state index contributed by atoms with van der Waals surface area (Å²) in [7, 11) is 3.01. The van der Waals surface area contributed by atoms with Crippen molar-refractivity contribution in [2.24, 2.45) is 0 Å². The van der Waals surface area contributed by atoms with Crippen LogP contribution in [0.25, 0.3) is 0 Å². The molecule has 0 saturated heterocycles. The smallest absolute Gasteiger partial charge is 0 e. The minimum Gasteiger partial charge on any atom is -0.542 e. The number of rotatable bonds is 2. The maximum absolute atomic E-state index is 8.94. The molecule has 22 heavy (non-hydrogen) atoms. The molecular weight excluding hydrogens is 438 g/mol. The van der Waals surface area contributed by atoms with Crippen molar-refractivity contribution in [2.75, 3.05) is 14.1 Å². The van der Waals surface area contributed by atoms with E-state index in [2.05, 4.69) is 10.6 Å². The van der Waals surface area contributed by atoms with Gasteiger partial charge in [0.25, 0.3) is 0 Å². The first-order valence-corrected chi connectivity index (χ1v) is 6.32. The quantitative estimate of drug-likeness (QED) is 0.476. The molecule has 0 unspecified atom stereocenters. The Bertz CT molecular complexity index is 117. The number of hydrogen-bond donors (Lipinski definition) is 2. The predicted molar refractivity (Wildman–Crippen MR) is 86.3 cm³/mol. The summed E-state index contributed by atoms with van der Waals surface area (Å²) >= 11 is 0. The van der Waals surface area contributed by atoms with E-state index < -0.39 is 0 Å². The fourth-order valence-corrected chi connectivity index (χ4v) is 0. The molecule has 0 fully saturated rings. The molecule has 2 radical (unpaired) electrons. The van der Waals surface area contributed by atoms with Gasteiger partial charge in [-0.25, -0.2) is 0 Å². The molecule has 0 rings (SSSR count). The summed E-state index contributed by atoms with van der Waals surface area (Å²) in [5.74, 6) is 0. The van der Waals surface area contributed by atoms with Crippen molar-refractivity contribution >= 4 is 25.4 Å². The van der Waals surface area contributed by atoms with Crippen LogP contribution >= 0.6 is 0 Å². The largest absolute Gasteiger partial charge is 0.542 e. The second kappa shape index (κ2) is 214. The monoisotopic (exact) mass is 470 g/mol. The molecule has 0 spiro atoms. The van der Waals surface area contributed by atoms with E-state index in [1.165, 1.54) is 53.3 Å². The van der Waals surface area contributed by atoms with Gasteiger partial charge in [0, 0.05) is 65.4 Å². The van der Waals surface area contributed by atoms with Crippen LogP contribution in [0.1, 0.15) is 55.4 Å². The minimum absolute atomic E-state index is 0. The number of carbonyl (C=O) groups excluding carboxylic acids is 4. The van der Waals surface area contributed by atoms with Gasteiger partial charge < -0.3 is 29.8 Å². The molecule has 0 saturated carbocycles. The zero-order chi connectivity index (χ0) is 18.2. The SMILES string of the molecule is CC.CC.CC.CN[C-]=O.CN[C-]=O.C[C-]=O.C[C-]=O.[Y].[Y]. The van der Waals surface area contributed by atoms with Crippen LogP contribution in [-0.2, 0) is 84.6 Å². The van der Waals surface area contributed by atoms with Gasteiger partial charge in [-0.3, -0.25) is 12.6 Å². The predicted octanol–water partition coefficient (Wildman–Crippen LogP) is 1.85. The average Bonchev–Trinajstić information content (AvgIpc) is 2.54. The van der Waals surface area contributed by atoms with Gasteiger partial charge in [-0.05, 0) is 14.1 Å². The maximum Gasteiger partial charge on any atom is 0 e. The summed E-state index contributed by atoms with van der Waals surface area (Å²) < 4.78 is 0. The second-order valence-corrected chi connectivity index (χ2v) is 1.11. The van der Waals surface area contributed by atoms with E-state index in [1.54, 1.807) is 0 Å². The molecule has 0 aromatic rings. The summed E-state index contributed by atoms with van der Waals surface area (Å²) in [6, 6.07) is 0. The fraction of sp³-hybridized carbons (Fsp3) is 0.714. The average molecular weight is 470 g/mol. The Kier molecular flexibility index (Phi) is 556. The Labute approximate surface area is 188 Å². The van der Waals surface area contributed by atoms with Gasteiger partial charge in [0.15, 0.2) is 0 Å². The van der Waals surface area contributed by atoms with Crippen molar-refractivity contribution in [3.05, 3.63) is 0 Å². The molecule has 0 bridgehead atoms. The molecule has 0 aliphatic carbocycles. The Morgan fingerprint density at radius 1 is 0.545 bits per heavy atom. The van der Waals surface area contributed by atoms with Crippen LogP contribution in [0.2, 0.25) is 0 Å². The third-order valence-corrected chi connectivity index (χ3v) is 0.204. The summed E-state index contributed by atoms with van der Waals surface area (Å²) in [4.78, 5) is 35.2. The van der Waals surface area contributed by atoms with Crippen LogP contribution in [0.4, 0.5) is 0 Å². The Balaban J connectivity index is -0.0000000129. The first-order valence-electron chi connectivity index (χ1n) is 6.32. The van der Waals surface area contributed by atoms with Crippen LogP contribution in [0, 0.1) is 0 Å². The molecule has 132 valence electrons. The Morgan fingerprint density at radius 2 is 0.591 bits per heavy atom. The summed E-state index contributed by atoms with van der Waals surface area (Å²) in [6.07, 6.45) is 5.86. The van der Waals surface area contributed by atoms with Crippen LogP contribution < -0.4 is 10.6 Å². The minimum atomic E-state index is 0. The van der Waals surface area contributed by atoms with Gasteiger partial charge >= 0.3 is 0 Å². The molecule has 0 aliphatic heterocycles. The van der Waals surface area contributed by atoms with Crippen LogP contribution in [0.3, 0.4) is 0 Å². The van der Waals surface area contributed by atoms with E-state index >= 15 is 0 Å². The van der Waals surface area contributed by atoms with E-state index in [4.69, 9.17) is 19.2 Å². The zero-order valence-electron chi connectivity index (χ0n) is 15.8. The molecule has 6 nitrogen and oxygen atoms in total. The summed E-state index contributed by atoms with van der Waals surface area (Å²) in [6.45, 7) is 14.6. The number of hydrogen-bond acceptors (Lipinski definition) is 4. The van der Waals surface area contributed by atoms with E-state index in [-0.39, 0.29) is 65.4 Å².